The van der Waals surface area contributed by atoms with E-state index in [1.165, 1.54) is 6.92 Å². The van der Waals surface area contributed by atoms with E-state index in [1.807, 2.05) is 24.3 Å². The predicted octanol–water partition coefficient (Wildman–Crippen LogP) is 1.49. The van der Waals surface area contributed by atoms with Crippen LogP contribution in [0.5, 0.6) is 0 Å². The summed E-state index contributed by atoms with van der Waals surface area (Å²) in [6.07, 6.45) is 1.70. The van der Waals surface area contributed by atoms with Gasteiger partial charge in [0.25, 0.3) is 0 Å². The van der Waals surface area contributed by atoms with Crippen LogP contribution in [0.2, 0.25) is 0 Å². The molecule has 1 amide bonds. The number of rotatable bonds is 5. The molecule has 0 saturated carbocycles. The second-order valence-electron chi connectivity index (χ2n) is 5.50. The number of nitrogens with zero attached hydrogens (tertiary/aromatic N) is 4. The smallest absolute Gasteiger partial charge is 0.222 e. The van der Waals surface area contributed by atoms with Gasteiger partial charge in [-0.25, -0.2) is 4.98 Å². The van der Waals surface area contributed by atoms with Crippen LogP contribution in [-0.2, 0) is 4.79 Å². The molecule has 0 radical (unpaired) electrons. The van der Waals surface area contributed by atoms with Crippen LogP contribution in [0.25, 0.3) is 22.2 Å². The van der Waals surface area contributed by atoms with Crippen LogP contribution in [0.1, 0.15) is 6.92 Å². The first kappa shape index (κ1) is 15.7. The van der Waals surface area contributed by atoms with Crippen molar-refractivity contribution in [3.63, 3.8) is 0 Å². The number of benzene rings is 1. The minimum atomic E-state index is 0.0214. The Kier molecular flexibility index (Phi) is 4.28. The van der Waals surface area contributed by atoms with Gasteiger partial charge < -0.3 is 16.0 Å². The Morgan fingerprint density at radius 3 is 2.88 bits per heavy atom. The molecule has 0 aliphatic heterocycles. The van der Waals surface area contributed by atoms with Crippen molar-refractivity contribution in [3.05, 3.63) is 30.5 Å². The van der Waals surface area contributed by atoms with Crippen LogP contribution < -0.4 is 11.1 Å². The molecule has 0 aliphatic carbocycles. The average molecular weight is 325 g/mol. The van der Waals surface area contributed by atoms with Gasteiger partial charge in [-0.1, -0.05) is 6.07 Å². The number of aromatic amines is 1. The fraction of sp³-hybridized carbons (Fsp3) is 0.250. The summed E-state index contributed by atoms with van der Waals surface area (Å²) >= 11 is 0. The number of carbonyl (C=O) groups excluding carboxylic acids is 1. The highest BCUT2D eigenvalue weighted by molar-refractivity contribution is 5.92. The summed E-state index contributed by atoms with van der Waals surface area (Å²) in [5.74, 6) is 0.880. The molecular formula is C16H19N7O. The fourth-order valence-corrected chi connectivity index (χ4v) is 2.37. The van der Waals surface area contributed by atoms with Gasteiger partial charge in [-0.3, -0.25) is 9.89 Å². The Balaban J connectivity index is 1.87. The van der Waals surface area contributed by atoms with Crippen LogP contribution in [0.15, 0.2) is 30.5 Å². The van der Waals surface area contributed by atoms with E-state index in [0.29, 0.717) is 18.9 Å². The van der Waals surface area contributed by atoms with E-state index in [-0.39, 0.29) is 11.9 Å². The van der Waals surface area contributed by atoms with Gasteiger partial charge in [-0.15, -0.1) is 0 Å². The van der Waals surface area contributed by atoms with Gasteiger partial charge in [-0.2, -0.15) is 10.1 Å². The third-order valence-corrected chi connectivity index (χ3v) is 3.80. The molecule has 0 bridgehead atoms. The number of hydrogen-bond donors (Lipinski definition) is 3. The maximum Gasteiger partial charge on any atom is 0.222 e. The van der Waals surface area contributed by atoms with E-state index in [2.05, 4.69) is 25.5 Å². The largest absolute Gasteiger partial charge is 0.368 e. The number of H-pyrrole nitrogens is 1. The quantitative estimate of drug-likeness (QED) is 0.655. The third-order valence-electron chi connectivity index (χ3n) is 3.80. The lowest BCUT2D eigenvalue weighted by Crippen LogP contribution is -2.29. The standard InChI is InChI=1S/C16H19N7O/c1-10(24)23(2)8-7-18-15-12-4-3-11(13-5-6-19-22-13)9-14(12)20-16(17)21-15/h3-6,9H,7-8H2,1-2H3,(H,19,22)(H3,17,18,20,21). The molecule has 0 unspecified atom stereocenters. The zero-order valence-electron chi connectivity index (χ0n) is 13.6. The summed E-state index contributed by atoms with van der Waals surface area (Å²) in [5.41, 5.74) is 8.46. The molecule has 3 rings (SSSR count). The first-order valence-corrected chi connectivity index (χ1v) is 7.57. The van der Waals surface area contributed by atoms with Gasteiger partial charge in [-0.05, 0) is 18.2 Å². The van der Waals surface area contributed by atoms with Crippen molar-refractivity contribution in [3.8, 4) is 11.3 Å². The highest BCUT2D eigenvalue weighted by Crippen LogP contribution is 2.26. The third kappa shape index (κ3) is 3.27. The SMILES string of the molecule is CC(=O)N(C)CCNc1nc(N)nc2cc(-c3ccn[nH]3)ccc12. The first-order valence-electron chi connectivity index (χ1n) is 7.57. The molecule has 8 heteroatoms. The summed E-state index contributed by atoms with van der Waals surface area (Å²) in [6.45, 7) is 2.69. The first-order chi connectivity index (χ1) is 11.5. The average Bonchev–Trinajstić information content (AvgIpc) is 3.08. The van der Waals surface area contributed by atoms with E-state index in [0.717, 1.165) is 22.2 Å². The van der Waals surface area contributed by atoms with Gasteiger partial charge in [0.05, 0.1) is 11.2 Å². The number of aromatic nitrogens is 4. The molecule has 2 aromatic heterocycles. The van der Waals surface area contributed by atoms with Crippen LogP contribution in [0.4, 0.5) is 11.8 Å². The maximum absolute atomic E-state index is 11.2. The molecule has 0 fully saturated rings. The zero-order valence-corrected chi connectivity index (χ0v) is 13.6. The number of amides is 1. The molecule has 4 N–H and O–H groups in total. The molecule has 24 heavy (non-hydrogen) atoms. The Morgan fingerprint density at radius 2 is 2.17 bits per heavy atom. The Hall–Kier alpha value is -3.16. The van der Waals surface area contributed by atoms with Crippen molar-refractivity contribution in [2.24, 2.45) is 0 Å². The number of nitrogen functional groups attached to an aromatic ring is 1. The topological polar surface area (TPSA) is 113 Å². The maximum atomic E-state index is 11.2. The zero-order chi connectivity index (χ0) is 17.1. The molecule has 0 saturated heterocycles. The highest BCUT2D eigenvalue weighted by atomic mass is 16.2. The molecule has 124 valence electrons. The van der Waals surface area contributed by atoms with Crippen molar-refractivity contribution in [2.45, 2.75) is 6.92 Å². The van der Waals surface area contributed by atoms with Crippen molar-refractivity contribution in [1.29, 1.82) is 0 Å². The fourth-order valence-electron chi connectivity index (χ4n) is 2.37. The van der Waals surface area contributed by atoms with Crippen LogP contribution in [0.3, 0.4) is 0 Å². The lowest BCUT2D eigenvalue weighted by atomic mass is 10.1. The van der Waals surface area contributed by atoms with Gasteiger partial charge in [0, 0.05) is 44.2 Å². The minimum absolute atomic E-state index is 0.0214. The molecular weight excluding hydrogens is 306 g/mol. The molecule has 2 heterocycles. The van der Waals surface area contributed by atoms with E-state index >= 15 is 0 Å². The van der Waals surface area contributed by atoms with E-state index in [4.69, 9.17) is 5.73 Å². The van der Waals surface area contributed by atoms with Crippen molar-refractivity contribution in [1.82, 2.24) is 25.1 Å². The van der Waals surface area contributed by atoms with Gasteiger partial charge >= 0.3 is 0 Å². The lowest BCUT2D eigenvalue weighted by Gasteiger charge is -2.16. The van der Waals surface area contributed by atoms with Crippen molar-refractivity contribution in [2.75, 3.05) is 31.2 Å². The van der Waals surface area contributed by atoms with E-state index in [1.54, 1.807) is 18.1 Å². The minimum Gasteiger partial charge on any atom is -0.368 e. The van der Waals surface area contributed by atoms with Crippen molar-refractivity contribution >= 4 is 28.6 Å². The Bertz CT molecular complexity index is 860. The second-order valence-corrected chi connectivity index (χ2v) is 5.50. The molecule has 0 aliphatic rings. The summed E-state index contributed by atoms with van der Waals surface area (Å²) in [4.78, 5) is 21.5. The number of fused-ring (bicyclic) bond motifs is 1. The summed E-state index contributed by atoms with van der Waals surface area (Å²) < 4.78 is 0. The normalized spacial score (nSPS) is 10.8. The van der Waals surface area contributed by atoms with Crippen LogP contribution >= 0.6 is 0 Å². The second kappa shape index (κ2) is 6.53. The summed E-state index contributed by atoms with van der Waals surface area (Å²) in [5, 5.41) is 11.0. The van der Waals surface area contributed by atoms with Gasteiger partial charge in [0.15, 0.2) is 0 Å². The molecule has 3 aromatic rings. The van der Waals surface area contributed by atoms with Crippen LogP contribution in [-0.4, -0.2) is 51.1 Å². The molecule has 1 aromatic carbocycles. The van der Waals surface area contributed by atoms with Gasteiger partial charge in [0.1, 0.15) is 5.82 Å². The highest BCUT2D eigenvalue weighted by Gasteiger charge is 2.09. The lowest BCUT2D eigenvalue weighted by molar-refractivity contribution is -0.127. The summed E-state index contributed by atoms with van der Waals surface area (Å²) in [6, 6.07) is 7.75. The molecule has 0 spiro atoms. The molecule has 8 nitrogen and oxygen atoms in total. The number of likely N-dealkylation sites (N-methyl/N-ethyl adjacent to an activating group) is 1. The number of anilines is 2. The Labute approximate surface area is 139 Å². The number of nitrogens with one attached hydrogen (secondary N) is 2. The number of nitrogens with two attached hydrogens (primary N) is 1. The van der Waals surface area contributed by atoms with E-state index in [9.17, 15) is 4.79 Å². The predicted molar refractivity (Wildman–Crippen MR) is 93.3 cm³/mol. The number of carbonyl (C=O) groups is 1. The van der Waals surface area contributed by atoms with Gasteiger partial charge in [0.2, 0.25) is 11.9 Å². The van der Waals surface area contributed by atoms with E-state index < -0.39 is 0 Å². The molecule has 0 atom stereocenters. The Morgan fingerprint density at radius 1 is 1.33 bits per heavy atom. The van der Waals surface area contributed by atoms with Crippen molar-refractivity contribution < 1.29 is 4.79 Å². The van der Waals surface area contributed by atoms with Crippen LogP contribution in [0, 0.1) is 0 Å². The summed E-state index contributed by atoms with van der Waals surface area (Å²) in [7, 11) is 1.76. The number of hydrogen-bond acceptors (Lipinski definition) is 6. The monoisotopic (exact) mass is 325 g/mol.